The minimum absolute atomic E-state index is 0.359. The van der Waals surface area contributed by atoms with Gasteiger partial charge in [-0.3, -0.25) is 14.5 Å². The second kappa shape index (κ2) is 4.30. The zero-order valence-electron chi connectivity index (χ0n) is 11.7. The largest absolute Gasteiger partial charge is 0.336 e. The summed E-state index contributed by atoms with van der Waals surface area (Å²) in [5.74, 6) is -0.885. The van der Waals surface area contributed by atoms with Crippen LogP contribution in [0.25, 0.3) is 0 Å². The highest BCUT2D eigenvalue weighted by molar-refractivity contribution is 6.52. The summed E-state index contributed by atoms with van der Waals surface area (Å²) in [5.41, 5.74) is 4.06. The summed E-state index contributed by atoms with van der Waals surface area (Å²) in [6.45, 7) is 4.21. The van der Waals surface area contributed by atoms with Crippen LogP contribution in [0.5, 0.6) is 0 Å². The molecule has 0 saturated carbocycles. The van der Waals surface area contributed by atoms with Crippen LogP contribution in [0.3, 0.4) is 0 Å². The molecule has 0 aliphatic carbocycles. The van der Waals surface area contributed by atoms with Crippen LogP contribution in [0.4, 0.5) is 5.69 Å². The number of nitrogens with zero attached hydrogens (tertiary/aromatic N) is 3. The first-order valence-electron chi connectivity index (χ1n) is 6.41. The smallest absolute Gasteiger partial charge is 0.299 e. The van der Waals surface area contributed by atoms with Crippen LogP contribution in [0.2, 0.25) is 0 Å². The van der Waals surface area contributed by atoms with Gasteiger partial charge in [-0.25, -0.2) is 4.98 Å². The van der Waals surface area contributed by atoms with E-state index in [0.717, 1.165) is 22.5 Å². The maximum Gasteiger partial charge on any atom is 0.299 e. The third kappa shape index (κ3) is 1.74. The number of carbonyl (C=O) groups is 2. The zero-order valence-corrected chi connectivity index (χ0v) is 11.7. The Morgan fingerprint density at radius 3 is 2.60 bits per heavy atom. The van der Waals surface area contributed by atoms with E-state index in [2.05, 4.69) is 4.98 Å². The Balaban J connectivity index is 2.09. The van der Waals surface area contributed by atoms with E-state index < -0.39 is 11.7 Å². The van der Waals surface area contributed by atoms with E-state index in [4.69, 9.17) is 0 Å². The standard InChI is InChI=1S/C15H15N3O2/c1-9-4-10(2)13-12(5-9)14(19)15(20)18(13)7-11-6-16-8-17(11)3/h4-6,8H,7H2,1-3H3. The molecule has 1 aliphatic heterocycles. The number of fused-ring (bicyclic) bond motifs is 1. The molecule has 0 fully saturated rings. The Kier molecular flexibility index (Phi) is 2.71. The quantitative estimate of drug-likeness (QED) is 0.781. The van der Waals surface area contributed by atoms with Crippen molar-refractivity contribution < 1.29 is 9.59 Å². The maximum absolute atomic E-state index is 12.2. The van der Waals surface area contributed by atoms with Crippen molar-refractivity contribution in [2.45, 2.75) is 20.4 Å². The number of rotatable bonds is 2. The number of benzene rings is 1. The van der Waals surface area contributed by atoms with Crippen molar-refractivity contribution in [1.82, 2.24) is 9.55 Å². The highest BCUT2D eigenvalue weighted by Crippen LogP contribution is 2.34. The van der Waals surface area contributed by atoms with Gasteiger partial charge in [-0.1, -0.05) is 6.07 Å². The van der Waals surface area contributed by atoms with E-state index in [0.29, 0.717) is 12.1 Å². The Bertz CT molecular complexity index is 731. The van der Waals surface area contributed by atoms with Crippen molar-refractivity contribution in [2.24, 2.45) is 7.05 Å². The van der Waals surface area contributed by atoms with E-state index in [1.165, 1.54) is 0 Å². The molecule has 1 aromatic carbocycles. The third-order valence-corrected chi connectivity index (χ3v) is 3.64. The molecule has 0 radical (unpaired) electrons. The lowest BCUT2D eigenvalue weighted by molar-refractivity contribution is -0.114. The predicted molar refractivity (Wildman–Crippen MR) is 74.6 cm³/mol. The van der Waals surface area contributed by atoms with Gasteiger partial charge in [0.25, 0.3) is 11.7 Å². The second-order valence-electron chi connectivity index (χ2n) is 5.19. The topological polar surface area (TPSA) is 55.2 Å². The van der Waals surface area contributed by atoms with Gasteiger partial charge in [0, 0.05) is 13.2 Å². The fourth-order valence-electron chi connectivity index (χ4n) is 2.68. The first kappa shape index (κ1) is 12.6. The number of hydrogen-bond donors (Lipinski definition) is 0. The first-order valence-corrected chi connectivity index (χ1v) is 6.41. The van der Waals surface area contributed by atoms with Crippen molar-refractivity contribution in [3.63, 3.8) is 0 Å². The van der Waals surface area contributed by atoms with Crippen LogP contribution < -0.4 is 4.90 Å². The van der Waals surface area contributed by atoms with Crippen LogP contribution >= 0.6 is 0 Å². The lowest BCUT2D eigenvalue weighted by Gasteiger charge is -2.18. The normalized spacial score (nSPS) is 14.1. The van der Waals surface area contributed by atoms with Gasteiger partial charge in [0.05, 0.1) is 29.8 Å². The monoisotopic (exact) mass is 269 g/mol. The van der Waals surface area contributed by atoms with Crippen LogP contribution in [0.1, 0.15) is 27.2 Å². The molecule has 1 aromatic heterocycles. The van der Waals surface area contributed by atoms with Gasteiger partial charge in [0.1, 0.15) is 0 Å². The van der Waals surface area contributed by atoms with Gasteiger partial charge in [-0.05, 0) is 31.0 Å². The molecule has 0 unspecified atom stereocenters. The average molecular weight is 269 g/mol. The number of aryl methyl sites for hydroxylation is 3. The molecule has 1 amide bonds. The summed E-state index contributed by atoms with van der Waals surface area (Å²) in [6.07, 6.45) is 3.39. The number of imidazole rings is 1. The number of aromatic nitrogens is 2. The summed E-state index contributed by atoms with van der Waals surface area (Å²) >= 11 is 0. The SMILES string of the molecule is Cc1cc(C)c2c(c1)C(=O)C(=O)N2Cc1cncn1C. The number of Topliss-reactive ketones (excluding diaryl/α,β-unsaturated/α-hetero) is 1. The first-order chi connectivity index (χ1) is 9.49. The Morgan fingerprint density at radius 1 is 1.20 bits per heavy atom. The Labute approximate surface area is 116 Å². The van der Waals surface area contributed by atoms with Crippen molar-refractivity contribution in [3.05, 3.63) is 47.0 Å². The number of amides is 1. The lowest BCUT2D eigenvalue weighted by Crippen LogP contribution is -2.30. The van der Waals surface area contributed by atoms with Crippen molar-refractivity contribution in [2.75, 3.05) is 4.90 Å². The fraction of sp³-hybridized carbons (Fsp3) is 0.267. The molecule has 0 saturated heterocycles. The van der Waals surface area contributed by atoms with Gasteiger partial charge in [0.2, 0.25) is 0 Å². The number of hydrogen-bond acceptors (Lipinski definition) is 3. The summed E-state index contributed by atoms with van der Waals surface area (Å²) in [4.78, 5) is 29.9. The molecule has 0 spiro atoms. The fourth-order valence-corrected chi connectivity index (χ4v) is 2.68. The minimum Gasteiger partial charge on any atom is -0.336 e. The molecule has 2 aromatic rings. The number of ketones is 1. The predicted octanol–water partition coefficient (Wildman–Crippen LogP) is 1.77. The lowest BCUT2D eigenvalue weighted by atomic mass is 10.0. The molecule has 1 aliphatic rings. The van der Waals surface area contributed by atoms with E-state index >= 15 is 0 Å². The minimum atomic E-state index is -0.463. The molecular formula is C15H15N3O2. The van der Waals surface area contributed by atoms with Gasteiger partial charge < -0.3 is 4.57 Å². The van der Waals surface area contributed by atoms with Gasteiger partial charge in [-0.2, -0.15) is 0 Å². The highest BCUT2D eigenvalue weighted by Gasteiger charge is 2.37. The molecule has 2 heterocycles. The van der Waals surface area contributed by atoms with Gasteiger partial charge in [-0.15, -0.1) is 0 Å². The highest BCUT2D eigenvalue weighted by atomic mass is 16.2. The molecule has 0 bridgehead atoms. The van der Waals surface area contributed by atoms with Crippen LogP contribution in [0.15, 0.2) is 24.7 Å². The van der Waals surface area contributed by atoms with Crippen molar-refractivity contribution in [3.8, 4) is 0 Å². The molecule has 3 rings (SSSR count). The summed E-state index contributed by atoms with van der Waals surface area (Å²) < 4.78 is 1.85. The van der Waals surface area contributed by atoms with Crippen LogP contribution in [-0.2, 0) is 18.4 Å². The second-order valence-corrected chi connectivity index (χ2v) is 5.19. The van der Waals surface area contributed by atoms with Crippen LogP contribution in [0, 0.1) is 13.8 Å². The summed E-state index contributed by atoms with van der Waals surface area (Å²) in [5, 5.41) is 0. The summed E-state index contributed by atoms with van der Waals surface area (Å²) in [7, 11) is 1.87. The van der Waals surface area contributed by atoms with E-state index in [1.54, 1.807) is 23.5 Å². The molecular weight excluding hydrogens is 254 g/mol. The van der Waals surface area contributed by atoms with Crippen molar-refractivity contribution >= 4 is 17.4 Å². The van der Waals surface area contributed by atoms with E-state index in [9.17, 15) is 9.59 Å². The Morgan fingerprint density at radius 2 is 1.95 bits per heavy atom. The van der Waals surface area contributed by atoms with E-state index in [-0.39, 0.29) is 0 Å². The van der Waals surface area contributed by atoms with Gasteiger partial charge >= 0.3 is 0 Å². The van der Waals surface area contributed by atoms with Gasteiger partial charge in [0.15, 0.2) is 0 Å². The summed E-state index contributed by atoms with van der Waals surface area (Å²) in [6, 6.07) is 3.77. The molecule has 102 valence electrons. The molecule has 5 heteroatoms. The van der Waals surface area contributed by atoms with Crippen molar-refractivity contribution in [1.29, 1.82) is 0 Å². The maximum atomic E-state index is 12.2. The molecule has 0 N–H and O–H groups in total. The Hall–Kier alpha value is -2.43. The zero-order chi connectivity index (χ0) is 14.4. The van der Waals surface area contributed by atoms with Crippen LogP contribution in [-0.4, -0.2) is 21.2 Å². The average Bonchev–Trinajstić information content (AvgIpc) is 2.88. The van der Waals surface area contributed by atoms with E-state index in [1.807, 2.05) is 31.5 Å². The third-order valence-electron chi connectivity index (χ3n) is 3.64. The number of carbonyl (C=O) groups excluding carboxylic acids is 2. The molecule has 0 atom stereocenters. The number of anilines is 1. The molecule has 5 nitrogen and oxygen atoms in total. The molecule has 20 heavy (non-hydrogen) atoms.